The minimum Gasteiger partial charge on any atom is -0.478 e. The fourth-order valence-corrected chi connectivity index (χ4v) is 0. The summed E-state index contributed by atoms with van der Waals surface area (Å²) in [7, 11) is 0. The summed E-state index contributed by atoms with van der Waals surface area (Å²) in [5, 5.41) is 15.5. The lowest BCUT2D eigenvalue weighted by molar-refractivity contribution is -0.132. The molecule has 0 aliphatic rings. The predicted molar refractivity (Wildman–Crippen MR) is 41.9 cm³/mol. The van der Waals surface area contributed by atoms with E-state index in [2.05, 4.69) is 6.58 Å². The van der Waals surface area contributed by atoms with E-state index in [1.54, 1.807) is 6.92 Å². The Kier molecular flexibility index (Phi) is 17.7. The molecule has 0 aromatic rings. The third-order valence-corrected chi connectivity index (χ3v) is 0.365. The second-order valence-corrected chi connectivity index (χ2v) is 1.40. The van der Waals surface area contributed by atoms with Gasteiger partial charge in [-0.3, -0.25) is 0 Å². The smallest absolute Gasteiger partial charge is 0.330 e. The predicted octanol–water partition coefficient (Wildman–Crippen LogP) is 1.28. The van der Waals surface area contributed by atoms with Crippen molar-refractivity contribution in [3.05, 3.63) is 12.2 Å². The number of hydrogen-bond acceptors (Lipinski definition) is 2. The van der Waals surface area contributed by atoms with Crippen molar-refractivity contribution in [3.8, 4) is 0 Å². The number of hydrogen-bond donors (Lipinski definition) is 2. The summed E-state index contributed by atoms with van der Waals surface area (Å²) < 4.78 is 0. The number of aliphatic hydroxyl groups is 1. The molecule has 0 heterocycles. The molecule has 62 valence electrons. The maximum atomic E-state index is 9.60. The lowest BCUT2D eigenvalue weighted by atomic mass is 10.4. The van der Waals surface area contributed by atoms with E-state index in [0.29, 0.717) is 0 Å². The first-order valence-corrected chi connectivity index (χ1v) is 2.55. The van der Waals surface area contributed by atoms with Crippen molar-refractivity contribution in [2.45, 2.75) is 21.3 Å². The van der Waals surface area contributed by atoms with Gasteiger partial charge >= 0.3 is 5.97 Å². The number of aliphatic hydroxyl groups excluding tert-OH is 1. The van der Waals surface area contributed by atoms with E-state index in [0.717, 1.165) is 0 Å². The Bertz CT molecular complexity index is 85.0. The van der Waals surface area contributed by atoms with Crippen molar-refractivity contribution in [2.75, 3.05) is 6.61 Å². The highest BCUT2D eigenvalue weighted by Gasteiger charge is 1.90. The van der Waals surface area contributed by atoms with Gasteiger partial charge in [-0.15, -0.1) is 0 Å². The van der Waals surface area contributed by atoms with Crippen LogP contribution in [0, 0.1) is 0 Å². The first-order chi connectivity index (χ1) is 4.06. The Morgan fingerprint density at radius 2 is 1.70 bits per heavy atom. The molecule has 2 N–H and O–H groups in total. The van der Waals surface area contributed by atoms with E-state index in [1.807, 2.05) is 0 Å². The van der Waals surface area contributed by atoms with Gasteiger partial charge in [0.2, 0.25) is 0 Å². The van der Waals surface area contributed by atoms with Crippen LogP contribution in [0.1, 0.15) is 21.3 Å². The fourth-order valence-electron chi connectivity index (χ4n) is 0. The molecule has 0 aromatic heterocycles. The van der Waals surface area contributed by atoms with Crippen molar-refractivity contribution < 1.29 is 15.0 Å². The van der Waals surface area contributed by atoms with Gasteiger partial charge in [0.05, 0.1) is 0 Å². The second-order valence-electron chi connectivity index (χ2n) is 1.40. The van der Waals surface area contributed by atoms with Gasteiger partial charge in [-0.05, 0) is 13.8 Å². The molecule has 0 aromatic carbocycles. The van der Waals surface area contributed by atoms with Gasteiger partial charge in [-0.2, -0.15) is 0 Å². The second kappa shape index (κ2) is 11.0. The van der Waals surface area contributed by atoms with Crippen LogP contribution in [0.3, 0.4) is 0 Å². The van der Waals surface area contributed by atoms with Crippen LogP contribution in [0.15, 0.2) is 12.2 Å². The monoisotopic (exact) mass is 148 g/mol. The topological polar surface area (TPSA) is 57.5 Å². The molecule has 0 radical (unpaired) electrons. The van der Waals surface area contributed by atoms with E-state index in [-0.39, 0.29) is 19.6 Å². The molecule has 0 aliphatic carbocycles. The normalized spacial score (nSPS) is 6.30. The van der Waals surface area contributed by atoms with Crippen molar-refractivity contribution in [3.63, 3.8) is 0 Å². The van der Waals surface area contributed by atoms with Crippen molar-refractivity contribution >= 4 is 5.97 Å². The first kappa shape index (κ1) is 16.1. The third kappa shape index (κ3) is 27.2. The van der Waals surface area contributed by atoms with Crippen LogP contribution in [0.25, 0.3) is 0 Å². The summed E-state index contributed by atoms with van der Waals surface area (Å²) in [4.78, 5) is 9.60. The quantitative estimate of drug-likeness (QED) is 0.551. The van der Waals surface area contributed by atoms with Crippen molar-refractivity contribution in [2.24, 2.45) is 0 Å². The highest BCUT2D eigenvalue weighted by atomic mass is 16.4. The minimum atomic E-state index is -0.935. The van der Waals surface area contributed by atoms with E-state index in [9.17, 15) is 4.79 Å². The van der Waals surface area contributed by atoms with Gasteiger partial charge in [0.1, 0.15) is 0 Å². The van der Waals surface area contributed by atoms with Crippen LogP contribution >= 0.6 is 0 Å². The SMILES string of the molecule is C.C=C(C)C(=O)O.CCO. The molecule has 0 bridgehead atoms. The minimum absolute atomic E-state index is 0. The lowest BCUT2D eigenvalue weighted by Crippen LogP contribution is -1.92. The largest absolute Gasteiger partial charge is 0.478 e. The Morgan fingerprint density at radius 3 is 1.70 bits per heavy atom. The summed E-state index contributed by atoms with van der Waals surface area (Å²) >= 11 is 0. The van der Waals surface area contributed by atoms with Gasteiger partial charge in [0.15, 0.2) is 0 Å². The van der Waals surface area contributed by atoms with E-state index in [1.165, 1.54) is 6.92 Å². The average molecular weight is 148 g/mol. The fraction of sp³-hybridized carbons (Fsp3) is 0.571. The van der Waals surface area contributed by atoms with Gasteiger partial charge in [-0.1, -0.05) is 14.0 Å². The standard InChI is InChI=1S/C4H6O2.C2H6O.CH4/c1-3(2)4(5)6;1-2-3;/h1H2,2H3,(H,5,6);3H,2H2,1H3;1H4. The molecule has 0 amide bonds. The number of aliphatic carboxylic acids is 1. The average Bonchev–Trinajstić information content (AvgIpc) is 1.68. The maximum Gasteiger partial charge on any atom is 0.330 e. The number of rotatable bonds is 1. The van der Waals surface area contributed by atoms with Crippen LogP contribution < -0.4 is 0 Å². The molecule has 10 heavy (non-hydrogen) atoms. The molecule has 0 fully saturated rings. The Balaban J connectivity index is -0.000000107. The van der Waals surface area contributed by atoms with Gasteiger partial charge in [-0.25, -0.2) is 4.79 Å². The van der Waals surface area contributed by atoms with Crippen LogP contribution in [0.4, 0.5) is 0 Å². The number of carboxylic acid groups (broad SMARTS) is 1. The zero-order valence-corrected chi connectivity index (χ0v) is 5.72. The molecule has 3 heteroatoms. The van der Waals surface area contributed by atoms with E-state index >= 15 is 0 Å². The molecular formula is C7H16O3. The Labute approximate surface area is 62.0 Å². The number of carboxylic acids is 1. The zero-order valence-electron chi connectivity index (χ0n) is 5.72. The lowest BCUT2D eigenvalue weighted by Gasteiger charge is -1.79. The Morgan fingerprint density at radius 1 is 1.60 bits per heavy atom. The molecule has 3 nitrogen and oxygen atoms in total. The highest BCUT2D eigenvalue weighted by Crippen LogP contribution is 1.81. The molecule has 0 spiro atoms. The van der Waals surface area contributed by atoms with Crippen LogP contribution in [0.5, 0.6) is 0 Å². The molecule has 0 atom stereocenters. The summed E-state index contributed by atoms with van der Waals surface area (Å²) in [5.74, 6) is -0.935. The summed E-state index contributed by atoms with van der Waals surface area (Å²) in [5.41, 5.74) is 0.176. The maximum absolute atomic E-state index is 9.60. The van der Waals surface area contributed by atoms with Gasteiger partial charge in [0.25, 0.3) is 0 Å². The summed E-state index contributed by atoms with van der Waals surface area (Å²) in [6.45, 7) is 6.53. The first-order valence-electron chi connectivity index (χ1n) is 2.55. The van der Waals surface area contributed by atoms with Gasteiger partial charge in [0, 0.05) is 12.2 Å². The zero-order chi connectivity index (χ0) is 7.86. The Hall–Kier alpha value is -0.830. The van der Waals surface area contributed by atoms with Gasteiger partial charge < -0.3 is 10.2 Å². The molecule has 0 rings (SSSR count). The van der Waals surface area contributed by atoms with E-state index in [4.69, 9.17) is 10.2 Å². The molecular weight excluding hydrogens is 132 g/mol. The molecule has 0 unspecified atom stereocenters. The number of carbonyl (C=O) groups is 1. The van der Waals surface area contributed by atoms with Crippen molar-refractivity contribution in [1.29, 1.82) is 0 Å². The molecule has 0 saturated carbocycles. The highest BCUT2D eigenvalue weighted by molar-refractivity contribution is 5.84. The summed E-state index contributed by atoms with van der Waals surface area (Å²) in [6, 6.07) is 0. The van der Waals surface area contributed by atoms with Crippen molar-refractivity contribution in [1.82, 2.24) is 0 Å². The summed E-state index contributed by atoms with van der Waals surface area (Å²) in [6.07, 6.45) is 0. The molecule has 0 saturated heterocycles. The molecule has 0 aliphatic heterocycles. The van der Waals surface area contributed by atoms with Crippen LogP contribution in [0.2, 0.25) is 0 Å². The van der Waals surface area contributed by atoms with Crippen LogP contribution in [-0.2, 0) is 4.79 Å². The van der Waals surface area contributed by atoms with Crippen LogP contribution in [-0.4, -0.2) is 22.8 Å². The van der Waals surface area contributed by atoms with E-state index < -0.39 is 5.97 Å². The third-order valence-electron chi connectivity index (χ3n) is 0.365.